The van der Waals surface area contributed by atoms with E-state index >= 15 is 0 Å². The van der Waals surface area contributed by atoms with Crippen LogP contribution in [0.5, 0.6) is 5.75 Å². The zero-order valence-corrected chi connectivity index (χ0v) is 16.3. The molecule has 0 unspecified atom stereocenters. The normalized spacial score (nSPS) is 14.9. The van der Waals surface area contributed by atoms with Crippen LogP contribution in [0, 0.1) is 0 Å². The Morgan fingerprint density at radius 1 is 1.12 bits per heavy atom. The summed E-state index contributed by atoms with van der Waals surface area (Å²) in [6, 6.07) is 11.1. The molecule has 6 nitrogen and oxygen atoms in total. The molecular weight excluding hydrogens is 398 g/mol. The van der Waals surface area contributed by atoms with Crippen molar-refractivity contribution in [3.8, 4) is 5.75 Å². The number of hydrogen-bond acceptors (Lipinski definition) is 6. The molecule has 138 valence electrons. The lowest BCUT2D eigenvalue weighted by Crippen LogP contribution is -2.47. The van der Waals surface area contributed by atoms with E-state index < -0.39 is 0 Å². The van der Waals surface area contributed by atoms with Crippen LogP contribution >= 0.6 is 15.9 Å². The largest absolute Gasteiger partial charge is 0.492 e. The lowest BCUT2D eigenvalue weighted by atomic mass is 10.2. The number of rotatable bonds is 6. The molecule has 1 aliphatic heterocycles. The zero-order valence-electron chi connectivity index (χ0n) is 14.7. The number of piperazine rings is 1. The summed E-state index contributed by atoms with van der Waals surface area (Å²) < 4.78 is 11.5. The van der Waals surface area contributed by atoms with Gasteiger partial charge >= 0.3 is 5.97 Å². The molecule has 26 heavy (non-hydrogen) atoms. The summed E-state index contributed by atoms with van der Waals surface area (Å²) in [4.78, 5) is 20.6. The summed E-state index contributed by atoms with van der Waals surface area (Å²) in [7, 11) is 1.37. The fraction of sp³-hybridized carbons (Fsp3) is 0.368. The van der Waals surface area contributed by atoms with Crippen LogP contribution < -0.4 is 9.64 Å². The highest BCUT2D eigenvalue weighted by atomic mass is 79.9. The van der Waals surface area contributed by atoms with Crippen molar-refractivity contribution in [1.82, 2.24) is 9.88 Å². The van der Waals surface area contributed by atoms with Crippen LogP contribution in [0.15, 0.2) is 47.1 Å². The summed E-state index contributed by atoms with van der Waals surface area (Å²) in [6.45, 7) is 5.39. The number of carbonyl (C=O) groups is 1. The number of ether oxygens (including phenoxy) is 2. The average molecular weight is 420 g/mol. The minimum Gasteiger partial charge on any atom is -0.492 e. The van der Waals surface area contributed by atoms with Crippen LogP contribution in [0.2, 0.25) is 0 Å². The van der Waals surface area contributed by atoms with E-state index in [1.54, 1.807) is 24.3 Å². The van der Waals surface area contributed by atoms with Crippen LogP contribution in [-0.4, -0.2) is 62.3 Å². The Morgan fingerprint density at radius 3 is 2.46 bits per heavy atom. The minimum absolute atomic E-state index is 0.338. The van der Waals surface area contributed by atoms with Gasteiger partial charge in [0.1, 0.15) is 18.2 Å². The predicted molar refractivity (Wildman–Crippen MR) is 104 cm³/mol. The molecule has 0 bridgehead atoms. The van der Waals surface area contributed by atoms with Crippen molar-refractivity contribution in [2.24, 2.45) is 0 Å². The molecule has 2 aromatic rings. The van der Waals surface area contributed by atoms with Gasteiger partial charge in [0.2, 0.25) is 0 Å². The van der Waals surface area contributed by atoms with Gasteiger partial charge in [-0.1, -0.05) is 0 Å². The number of aromatic nitrogens is 1. The Balaban J connectivity index is 1.40. The van der Waals surface area contributed by atoms with Gasteiger partial charge in [-0.3, -0.25) is 4.90 Å². The van der Waals surface area contributed by atoms with Crippen molar-refractivity contribution in [2.45, 2.75) is 0 Å². The molecule has 0 N–H and O–H groups in total. The van der Waals surface area contributed by atoms with Crippen molar-refractivity contribution in [2.75, 3.05) is 51.3 Å². The standard InChI is InChI=1S/C19H22BrN3O3/c1-25-19(24)15-2-5-17(6-3-15)26-13-12-22-8-10-23(11-9-22)18-7-4-16(20)14-21-18/h2-7,14H,8-13H2,1H3. The first-order chi connectivity index (χ1) is 12.7. The number of anilines is 1. The van der Waals surface area contributed by atoms with Crippen LogP contribution in [0.1, 0.15) is 10.4 Å². The van der Waals surface area contributed by atoms with E-state index in [9.17, 15) is 4.79 Å². The molecule has 0 spiro atoms. The van der Waals surface area contributed by atoms with Gasteiger partial charge in [0.05, 0.1) is 12.7 Å². The van der Waals surface area contributed by atoms with E-state index in [1.807, 2.05) is 18.3 Å². The molecule has 1 aromatic carbocycles. The van der Waals surface area contributed by atoms with E-state index in [1.165, 1.54) is 7.11 Å². The Kier molecular flexibility index (Phi) is 6.46. The van der Waals surface area contributed by atoms with Crippen LogP contribution in [-0.2, 0) is 4.74 Å². The maximum atomic E-state index is 11.4. The average Bonchev–Trinajstić information content (AvgIpc) is 2.69. The fourth-order valence-electron chi connectivity index (χ4n) is 2.85. The van der Waals surface area contributed by atoms with Gasteiger partial charge in [-0.15, -0.1) is 0 Å². The van der Waals surface area contributed by atoms with Crippen molar-refractivity contribution >= 4 is 27.7 Å². The molecule has 2 heterocycles. The Bertz CT molecular complexity index is 714. The molecule has 0 atom stereocenters. The van der Waals surface area contributed by atoms with Gasteiger partial charge in [-0.25, -0.2) is 9.78 Å². The number of esters is 1. The lowest BCUT2D eigenvalue weighted by molar-refractivity contribution is 0.0600. The number of methoxy groups -OCH3 is 1. The molecule has 7 heteroatoms. The van der Waals surface area contributed by atoms with Crippen LogP contribution in [0.25, 0.3) is 0 Å². The quantitative estimate of drug-likeness (QED) is 0.670. The monoisotopic (exact) mass is 419 g/mol. The van der Waals surface area contributed by atoms with Crippen molar-refractivity contribution < 1.29 is 14.3 Å². The summed E-state index contributed by atoms with van der Waals surface area (Å²) in [6.07, 6.45) is 1.83. The van der Waals surface area contributed by atoms with E-state index in [4.69, 9.17) is 4.74 Å². The first kappa shape index (κ1) is 18.7. The highest BCUT2D eigenvalue weighted by Gasteiger charge is 2.17. The first-order valence-corrected chi connectivity index (χ1v) is 9.35. The highest BCUT2D eigenvalue weighted by Crippen LogP contribution is 2.17. The van der Waals surface area contributed by atoms with Crippen LogP contribution in [0.3, 0.4) is 0 Å². The number of pyridine rings is 1. The smallest absolute Gasteiger partial charge is 0.337 e. The number of nitrogens with zero attached hydrogens (tertiary/aromatic N) is 3. The minimum atomic E-state index is -0.338. The van der Waals surface area contributed by atoms with Crippen molar-refractivity contribution in [1.29, 1.82) is 0 Å². The highest BCUT2D eigenvalue weighted by molar-refractivity contribution is 9.10. The first-order valence-electron chi connectivity index (χ1n) is 8.56. The summed E-state index contributed by atoms with van der Waals surface area (Å²) >= 11 is 3.42. The summed E-state index contributed by atoms with van der Waals surface area (Å²) in [5, 5.41) is 0. The van der Waals surface area contributed by atoms with Gasteiger partial charge in [-0.2, -0.15) is 0 Å². The molecule has 0 saturated carbocycles. The second-order valence-corrected chi connectivity index (χ2v) is 6.94. The van der Waals surface area contributed by atoms with Gasteiger partial charge in [0, 0.05) is 43.4 Å². The van der Waals surface area contributed by atoms with Crippen molar-refractivity contribution in [3.05, 3.63) is 52.6 Å². The summed E-state index contributed by atoms with van der Waals surface area (Å²) in [5.74, 6) is 1.44. The SMILES string of the molecule is COC(=O)c1ccc(OCCN2CCN(c3ccc(Br)cn3)CC2)cc1. The van der Waals surface area contributed by atoms with E-state index in [0.29, 0.717) is 12.2 Å². The van der Waals surface area contributed by atoms with Gasteiger partial charge < -0.3 is 14.4 Å². The van der Waals surface area contributed by atoms with Crippen molar-refractivity contribution in [3.63, 3.8) is 0 Å². The molecule has 0 amide bonds. The Morgan fingerprint density at radius 2 is 1.85 bits per heavy atom. The molecular formula is C19H22BrN3O3. The number of benzene rings is 1. The maximum Gasteiger partial charge on any atom is 0.337 e. The molecule has 1 saturated heterocycles. The summed E-state index contributed by atoms with van der Waals surface area (Å²) in [5.41, 5.74) is 0.525. The molecule has 3 rings (SSSR count). The van der Waals surface area contributed by atoms with Gasteiger partial charge in [0.25, 0.3) is 0 Å². The second kappa shape index (κ2) is 9.00. The van der Waals surface area contributed by atoms with Crippen LogP contribution in [0.4, 0.5) is 5.82 Å². The third kappa shape index (κ3) is 4.95. The third-order valence-electron chi connectivity index (χ3n) is 4.36. The molecule has 1 aromatic heterocycles. The van der Waals surface area contributed by atoms with E-state index in [0.717, 1.165) is 48.8 Å². The number of halogens is 1. The number of hydrogen-bond donors (Lipinski definition) is 0. The molecule has 1 fully saturated rings. The van der Waals surface area contributed by atoms with Gasteiger partial charge in [-0.05, 0) is 52.3 Å². The third-order valence-corrected chi connectivity index (χ3v) is 4.83. The van der Waals surface area contributed by atoms with Gasteiger partial charge in [0.15, 0.2) is 0 Å². The lowest BCUT2D eigenvalue weighted by Gasteiger charge is -2.35. The molecule has 0 aliphatic carbocycles. The fourth-order valence-corrected chi connectivity index (χ4v) is 3.09. The molecule has 0 radical (unpaired) electrons. The van der Waals surface area contributed by atoms with E-state index in [-0.39, 0.29) is 5.97 Å². The maximum absolute atomic E-state index is 11.4. The number of carbonyl (C=O) groups excluding carboxylic acids is 1. The Labute approximate surface area is 161 Å². The Hall–Kier alpha value is -2.12. The predicted octanol–water partition coefficient (Wildman–Crippen LogP) is 2.83. The van der Waals surface area contributed by atoms with E-state index in [2.05, 4.69) is 35.5 Å². The zero-order chi connectivity index (χ0) is 18.4. The topological polar surface area (TPSA) is 54.9 Å². The second-order valence-electron chi connectivity index (χ2n) is 6.03. The molecule has 1 aliphatic rings.